The number of fused-ring (bicyclic) bond motifs is 1. The van der Waals surface area contributed by atoms with Crippen LogP contribution in [0.5, 0.6) is 5.75 Å². The third kappa shape index (κ3) is 3.67. The highest BCUT2D eigenvalue weighted by Gasteiger charge is 2.35. The number of hydrogen-bond donors (Lipinski definition) is 1. The van der Waals surface area contributed by atoms with Gasteiger partial charge in [0.1, 0.15) is 11.4 Å². The van der Waals surface area contributed by atoms with Crippen molar-refractivity contribution in [2.75, 3.05) is 4.90 Å². The Balaban J connectivity index is 1.69. The lowest BCUT2D eigenvalue weighted by Crippen LogP contribution is -2.32. The normalized spacial score (nSPS) is 15.1. The molecule has 1 amide bonds. The second-order valence-corrected chi connectivity index (χ2v) is 9.30. The third-order valence-corrected chi connectivity index (χ3v) is 7.19. The van der Waals surface area contributed by atoms with Crippen LogP contribution in [0.2, 0.25) is 15.1 Å². The Labute approximate surface area is 202 Å². The number of nitrogens with zero attached hydrogens (tertiary/aromatic N) is 2. The Morgan fingerprint density at radius 2 is 1.72 bits per heavy atom. The van der Waals surface area contributed by atoms with Gasteiger partial charge < -0.3 is 5.11 Å². The van der Waals surface area contributed by atoms with Gasteiger partial charge in [0.25, 0.3) is 5.91 Å². The molecule has 0 saturated carbocycles. The number of benzene rings is 3. The molecule has 0 unspecified atom stereocenters. The highest BCUT2D eigenvalue weighted by atomic mass is 35.5. The number of amides is 1. The minimum Gasteiger partial charge on any atom is -0.508 e. The maximum absolute atomic E-state index is 13.5. The number of carbonyl (C=O) groups is 1. The fourth-order valence-electron chi connectivity index (χ4n) is 3.43. The Morgan fingerprint density at radius 1 is 0.969 bits per heavy atom. The first-order valence-electron chi connectivity index (χ1n) is 9.49. The van der Waals surface area contributed by atoms with Crippen LogP contribution in [-0.2, 0) is 4.79 Å². The van der Waals surface area contributed by atoms with Crippen molar-refractivity contribution in [1.29, 1.82) is 0 Å². The minimum absolute atomic E-state index is 0.0995. The molecule has 1 N–H and O–H groups in total. The number of carbonyl (C=O) groups excluding carboxylic acids is 1. The number of aliphatic imine (C=N–C) groups is 1. The SMILES string of the molecule is O=C1/C(=C\c2ccc(Cl)cc2Cl)N=C(c2sc3ccccc3c2Cl)N1c1ccc(O)cc1. The molecule has 0 spiro atoms. The molecule has 4 nitrogen and oxygen atoms in total. The summed E-state index contributed by atoms with van der Waals surface area (Å²) < 4.78 is 0.992. The largest absolute Gasteiger partial charge is 0.508 e. The van der Waals surface area contributed by atoms with E-state index in [1.165, 1.54) is 28.4 Å². The summed E-state index contributed by atoms with van der Waals surface area (Å²) in [4.78, 5) is 20.3. The summed E-state index contributed by atoms with van der Waals surface area (Å²) in [5.74, 6) is 0.191. The number of halogens is 3. The molecular formula is C24H13Cl3N2O2S. The van der Waals surface area contributed by atoms with E-state index in [2.05, 4.69) is 4.99 Å². The molecule has 0 bridgehead atoms. The topological polar surface area (TPSA) is 52.9 Å². The van der Waals surface area contributed by atoms with Gasteiger partial charge in [0.05, 0.1) is 15.6 Å². The lowest BCUT2D eigenvalue weighted by atomic mass is 10.2. The standard InChI is InChI=1S/C24H13Cl3N2O2S/c25-14-6-5-13(18(26)12-14)11-19-24(31)29(15-7-9-16(30)10-8-15)23(28-19)22-21(27)17-3-1-2-4-20(17)32-22/h1-12,30H/b19-11+. The second kappa shape index (κ2) is 8.26. The van der Waals surface area contributed by atoms with Gasteiger partial charge in [-0.25, -0.2) is 4.99 Å². The first-order chi connectivity index (χ1) is 15.4. The monoisotopic (exact) mass is 498 g/mol. The molecule has 2 heterocycles. The molecule has 0 fully saturated rings. The van der Waals surface area contributed by atoms with E-state index in [4.69, 9.17) is 34.8 Å². The minimum atomic E-state index is -0.328. The van der Waals surface area contributed by atoms with Crippen LogP contribution < -0.4 is 4.90 Å². The zero-order valence-corrected chi connectivity index (χ0v) is 19.3. The number of phenolic OH excluding ortho intramolecular Hbond substituents is 1. The average molecular weight is 500 g/mol. The molecule has 4 aromatic rings. The molecule has 5 rings (SSSR count). The number of phenols is 1. The van der Waals surface area contributed by atoms with Gasteiger partial charge in [-0.3, -0.25) is 9.69 Å². The van der Waals surface area contributed by atoms with Gasteiger partial charge >= 0.3 is 0 Å². The molecule has 158 valence electrons. The van der Waals surface area contributed by atoms with Crippen molar-refractivity contribution in [3.8, 4) is 5.75 Å². The fraction of sp³-hybridized carbons (Fsp3) is 0. The van der Waals surface area contributed by atoms with Crippen molar-refractivity contribution in [2.45, 2.75) is 0 Å². The number of aromatic hydroxyl groups is 1. The molecular weight excluding hydrogens is 487 g/mol. The van der Waals surface area contributed by atoms with Gasteiger partial charge in [0, 0.05) is 20.1 Å². The van der Waals surface area contributed by atoms with E-state index in [9.17, 15) is 9.90 Å². The van der Waals surface area contributed by atoms with Crippen LogP contribution in [0.1, 0.15) is 10.4 Å². The van der Waals surface area contributed by atoms with Crippen LogP contribution in [0.25, 0.3) is 16.2 Å². The molecule has 1 aliphatic heterocycles. The van der Waals surface area contributed by atoms with Crippen LogP contribution in [0.3, 0.4) is 0 Å². The first kappa shape index (κ1) is 21.0. The Hall–Kier alpha value is -2.83. The molecule has 0 radical (unpaired) electrons. The summed E-state index contributed by atoms with van der Waals surface area (Å²) in [5, 5.41) is 12.0. The number of anilines is 1. The Kier molecular flexibility index (Phi) is 5.43. The van der Waals surface area contributed by atoms with Crippen molar-refractivity contribution >= 4 is 79.7 Å². The maximum atomic E-state index is 13.5. The van der Waals surface area contributed by atoms with Gasteiger partial charge in [-0.05, 0) is 54.1 Å². The summed E-state index contributed by atoms with van der Waals surface area (Å²) in [5.41, 5.74) is 1.40. The second-order valence-electron chi connectivity index (χ2n) is 7.03. The maximum Gasteiger partial charge on any atom is 0.282 e. The van der Waals surface area contributed by atoms with Crippen molar-refractivity contribution in [3.05, 3.63) is 97.9 Å². The summed E-state index contributed by atoms with van der Waals surface area (Å²) in [7, 11) is 0. The van der Waals surface area contributed by atoms with E-state index >= 15 is 0 Å². The van der Waals surface area contributed by atoms with E-state index in [1.54, 1.807) is 36.4 Å². The predicted molar refractivity (Wildman–Crippen MR) is 133 cm³/mol. The molecule has 0 atom stereocenters. The summed E-state index contributed by atoms with van der Waals surface area (Å²) in [6.45, 7) is 0. The van der Waals surface area contributed by atoms with Gasteiger partial charge in [-0.1, -0.05) is 59.1 Å². The summed E-state index contributed by atoms with van der Waals surface area (Å²) in [6.07, 6.45) is 1.63. The molecule has 8 heteroatoms. The van der Waals surface area contributed by atoms with Crippen LogP contribution in [-0.4, -0.2) is 16.8 Å². The summed E-state index contributed by atoms with van der Waals surface area (Å²) >= 11 is 20.5. The molecule has 1 aromatic heterocycles. The number of hydrogen-bond acceptors (Lipinski definition) is 4. The highest BCUT2D eigenvalue weighted by molar-refractivity contribution is 7.21. The number of thiophene rings is 1. The smallest absolute Gasteiger partial charge is 0.282 e. The van der Waals surface area contributed by atoms with Gasteiger partial charge in [-0.2, -0.15) is 0 Å². The Bertz CT molecular complexity index is 1440. The van der Waals surface area contributed by atoms with Crippen LogP contribution in [0, 0.1) is 0 Å². The van der Waals surface area contributed by atoms with E-state index in [-0.39, 0.29) is 17.4 Å². The first-order valence-corrected chi connectivity index (χ1v) is 11.4. The van der Waals surface area contributed by atoms with Gasteiger partial charge in [0.15, 0.2) is 5.84 Å². The van der Waals surface area contributed by atoms with Crippen LogP contribution in [0.15, 0.2) is 77.4 Å². The van der Waals surface area contributed by atoms with Crippen molar-refractivity contribution < 1.29 is 9.90 Å². The quantitative estimate of drug-likeness (QED) is 0.299. The van der Waals surface area contributed by atoms with Crippen LogP contribution in [0.4, 0.5) is 5.69 Å². The highest BCUT2D eigenvalue weighted by Crippen LogP contribution is 2.39. The lowest BCUT2D eigenvalue weighted by molar-refractivity contribution is -0.113. The van der Waals surface area contributed by atoms with Gasteiger partial charge in [0.2, 0.25) is 0 Å². The Morgan fingerprint density at radius 3 is 2.44 bits per heavy atom. The number of rotatable bonds is 3. The fourth-order valence-corrected chi connectivity index (χ4v) is 5.39. The zero-order chi connectivity index (χ0) is 22.4. The predicted octanol–water partition coefficient (Wildman–Crippen LogP) is 7.40. The van der Waals surface area contributed by atoms with E-state index in [1.807, 2.05) is 24.3 Å². The lowest BCUT2D eigenvalue weighted by Gasteiger charge is -2.18. The molecule has 32 heavy (non-hydrogen) atoms. The third-order valence-electron chi connectivity index (χ3n) is 4.96. The molecule has 3 aromatic carbocycles. The zero-order valence-electron chi connectivity index (χ0n) is 16.2. The van der Waals surface area contributed by atoms with E-state index < -0.39 is 0 Å². The van der Waals surface area contributed by atoms with Crippen molar-refractivity contribution in [1.82, 2.24) is 0 Å². The molecule has 1 aliphatic rings. The number of amidine groups is 1. The van der Waals surface area contributed by atoms with Crippen molar-refractivity contribution in [2.24, 2.45) is 4.99 Å². The van der Waals surface area contributed by atoms with Gasteiger partial charge in [-0.15, -0.1) is 11.3 Å². The van der Waals surface area contributed by atoms with E-state index in [0.29, 0.717) is 37.0 Å². The average Bonchev–Trinajstić information content (AvgIpc) is 3.28. The molecule has 0 saturated heterocycles. The van der Waals surface area contributed by atoms with E-state index in [0.717, 1.165) is 10.1 Å². The van der Waals surface area contributed by atoms with Crippen molar-refractivity contribution in [3.63, 3.8) is 0 Å². The van der Waals surface area contributed by atoms with Crippen LogP contribution >= 0.6 is 46.1 Å². The summed E-state index contributed by atoms with van der Waals surface area (Å²) in [6, 6.07) is 19.1. The molecule has 0 aliphatic carbocycles.